The third-order valence-electron chi connectivity index (χ3n) is 4.88. The average Bonchev–Trinajstić information content (AvgIpc) is 3.14. The van der Waals surface area contributed by atoms with E-state index in [1.54, 1.807) is 0 Å². The highest BCUT2D eigenvalue weighted by molar-refractivity contribution is 5.79. The van der Waals surface area contributed by atoms with Crippen LogP contribution >= 0.6 is 0 Å². The minimum Gasteiger partial charge on any atom is -0.337 e. The molecule has 0 aliphatic heterocycles. The number of hydrogen-bond acceptors (Lipinski definition) is 4. The summed E-state index contributed by atoms with van der Waals surface area (Å²) >= 11 is 0. The van der Waals surface area contributed by atoms with Gasteiger partial charge in [0.1, 0.15) is 6.04 Å². The van der Waals surface area contributed by atoms with Gasteiger partial charge in [-0.05, 0) is 26.7 Å². The van der Waals surface area contributed by atoms with E-state index >= 15 is 0 Å². The van der Waals surface area contributed by atoms with Crippen LogP contribution in [0, 0.1) is 5.92 Å². The number of benzene rings is 1. The summed E-state index contributed by atoms with van der Waals surface area (Å²) in [5.74, 6) is 1.44. The van der Waals surface area contributed by atoms with Gasteiger partial charge in [0.25, 0.3) is 0 Å². The molecule has 3 rings (SSSR count). The normalized spacial score (nSPS) is 16.8. The molecule has 1 heterocycles. The second-order valence-corrected chi connectivity index (χ2v) is 6.46. The largest absolute Gasteiger partial charge is 0.337 e. The molecule has 1 aromatic heterocycles. The number of aromatic nitrogens is 2. The van der Waals surface area contributed by atoms with E-state index in [4.69, 9.17) is 4.52 Å². The second-order valence-electron chi connectivity index (χ2n) is 6.46. The first-order chi connectivity index (χ1) is 11.7. The first kappa shape index (κ1) is 16.7. The lowest BCUT2D eigenvalue weighted by atomic mass is 9.88. The van der Waals surface area contributed by atoms with Gasteiger partial charge in [-0.3, -0.25) is 4.79 Å². The monoisotopic (exact) mass is 327 g/mol. The van der Waals surface area contributed by atoms with Crippen molar-refractivity contribution in [3.63, 3.8) is 0 Å². The Kier molecular flexibility index (Phi) is 5.28. The summed E-state index contributed by atoms with van der Waals surface area (Å²) in [5, 5.41) is 4.07. The van der Waals surface area contributed by atoms with E-state index in [9.17, 15) is 4.79 Å². The van der Waals surface area contributed by atoms with Gasteiger partial charge in [0.05, 0.1) is 0 Å². The van der Waals surface area contributed by atoms with Crippen LogP contribution < -0.4 is 0 Å². The molecule has 1 aliphatic carbocycles. The van der Waals surface area contributed by atoms with Gasteiger partial charge in [0, 0.05) is 18.0 Å². The van der Waals surface area contributed by atoms with E-state index in [1.165, 1.54) is 6.42 Å². The second kappa shape index (κ2) is 7.60. The Bertz CT molecular complexity index is 662. The number of nitrogens with zero attached hydrogens (tertiary/aromatic N) is 3. The lowest BCUT2D eigenvalue weighted by molar-refractivity contribution is -0.139. The van der Waals surface area contributed by atoms with Crippen molar-refractivity contribution in [1.82, 2.24) is 15.0 Å². The SMILES string of the molecule is CCN(C(=O)C1CCCCC1)[C@H](C)c1nc(-c2ccccc2)no1. The Balaban J connectivity index is 1.75. The summed E-state index contributed by atoms with van der Waals surface area (Å²) in [6, 6.07) is 9.54. The molecule has 0 bridgehead atoms. The molecule has 0 saturated heterocycles. The molecule has 1 aliphatic rings. The molecule has 0 spiro atoms. The third kappa shape index (κ3) is 3.50. The van der Waals surface area contributed by atoms with Gasteiger partial charge in [-0.15, -0.1) is 0 Å². The fourth-order valence-electron chi connectivity index (χ4n) is 3.45. The van der Waals surface area contributed by atoms with Crippen LogP contribution in [0.4, 0.5) is 0 Å². The molecule has 128 valence electrons. The number of hydrogen-bond donors (Lipinski definition) is 0. The topological polar surface area (TPSA) is 59.2 Å². The first-order valence-electron chi connectivity index (χ1n) is 8.90. The predicted molar refractivity (Wildman–Crippen MR) is 92.1 cm³/mol. The Morgan fingerprint density at radius 3 is 2.62 bits per heavy atom. The highest BCUT2D eigenvalue weighted by Crippen LogP contribution is 2.29. The molecule has 0 unspecified atom stereocenters. The Labute approximate surface area is 143 Å². The van der Waals surface area contributed by atoms with Crippen molar-refractivity contribution >= 4 is 5.91 Å². The van der Waals surface area contributed by atoms with Crippen molar-refractivity contribution < 1.29 is 9.32 Å². The van der Waals surface area contributed by atoms with Crippen molar-refractivity contribution in [2.24, 2.45) is 5.92 Å². The van der Waals surface area contributed by atoms with Crippen molar-refractivity contribution in [2.75, 3.05) is 6.54 Å². The minimum atomic E-state index is -0.200. The molecule has 1 atom stereocenters. The van der Waals surface area contributed by atoms with Gasteiger partial charge < -0.3 is 9.42 Å². The maximum atomic E-state index is 12.9. The molecular formula is C19H25N3O2. The van der Waals surface area contributed by atoms with Gasteiger partial charge in [0.15, 0.2) is 0 Å². The third-order valence-corrected chi connectivity index (χ3v) is 4.88. The molecule has 1 fully saturated rings. The minimum absolute atomic E-state index is 0.151. The van der Waals surface area contributed by atoms with Crippen molar-refractivity contribution in [3.8, 4) is 11.4 Å². The van der Waals surface area contributed by atoms with Crippen molar-refractivity contribution in [3.05, 3.63) is 36.2 Å². The van der Waals surface area contributed by atoms with Crippen LogP contribution in [0.5, 0.6) is 0 Å². The van der Waals surface area contributed by atoms with Gasteiger partial charge in [-0.2, -0.15) is 4.98 Å². The van der Waals surface area contributed by atoms with Crippen LogP contribution in [0.15, 0.2) is 34.9 Å². The quantitative estimate of drug-likeness (QED) is 0.824. The van der Waals surface area contributed by atoms with E-state index in [2.05, 4.69) is 10.1 Å². The summed E-state index contributed by atoms with van der Waals surface area (Å²) in [4.78, 5) is 19.2. The maximum absolute atomic E-state index is 12.9. The van der Waals surface area contributed by atoms with Crippen LogP contribution in [0.25, 0.3) is 11.4 Å². The van der Waals surface area contributed by atoms with Crippen LogP contribution in [0.3, 0.4) is 0 Å². The molecule has 5 nitrogen and oxygen atoms in total. The van der Waals surface area contributed by atoms with Crippen LogP contribution in [0.1, 0.15) is 57.9 Å². The lowest BCUT2D eigenvalue weighted by Crippen LogP contribution is -2.38. The standard InChI is InChI=1S/C19H25N3O2/c1-3-22(19(23)16-12-8-5-9-13-16)14(2)18-20-17(21-24-18)15-10-6-4-7-11-15/h4,6-7,10-11,14,16H,3,5,8-9,12-13H2,1-2H3/t14-/m1/s1. The Morgan fingerprint density at radius 1 is 1.25 bits per heavy atom. The average molecular weight is 327 g/mol. The van der Waals surface area contributed by atoms with Crippen LogP contribution in [-0.2, 0) is 4.79 Å². The van der Waals surface area contributed by atoms with E-state index in [0.29, 0.717) is 18.3 Å². The molecule has 0 radical (unpaired) electrons. The molecular weight excluding hydrogens is 302 g/mol. The number of rotatable bonds is 5. The summed E-state index contributed by atoms with van der Waals surface area (Å²) in [5.41, 5.74) is 0.918. The van der Waals surface area contributed by atoms with Gasteiger partial charge in [-0.25, -0.2) is 0 Å². The fraction of sp³-hybridized carbons (Fsp3) is 0.526. The summed E-state index contributed by atoms with van der Waals surface area (Å²) in [7, 11) is 0. The number of carbonyl (C=O) groups is 1. The summed E-state index contributed by atoms with van der Waals surface area (Å²) in [6.07, 6.45) is 5.56. The zero-order valence-corrected chi connectivity index (χ0v) is 14.4. The molecule has 5 heteroatoms. The first-order valence-corrected chi connectivity index (χ1v) is 8.90. The van der Waals surface area contributed by atoms with E-state index in [0.717, 1.165) is 31.2 Å². The van der Waals surface area contributed by atoms with Gasteiger partial charge in [-0.1, -0.05) is 54.8 Å². The fourth-order valence-corrected chi connectivity index (χ4v) is 3.45. The molecule has 2 aromatic rings. The highest BCUT2D eigenvalue weighted by atomic mass is 16.5. The lowest BCUT2D eigenvalue weighted by Gasteiger charge is -2.31. The maximum Gasteiger partial charge on any atom is 0.249 e. The predicted octanol–water partition coefficient (Wildman–Crippen LogP) is 4.23. The van der Waals surface area contributed by atoms with Gasteiger partial charge in [0.2, 0.25) is 17.6 Å². The smallest absolute Gasteiger partial charge is 0.249 e. The molecule has 0 N–H and O–H groups in total. The molecule has 1 aromatic carbocycles. The van der Waals surface area contributed by atoms with Gasteiger partial charge >= 0.3 is 0 Å². The van der Waals surface area contributed by atoms with Crippen LogP contribution in [-0.4, -0.2) is 27.5 Å². The summed E-state index contributed by atoms with van der Waals surface area (Å²) < 4.78 is 5.45. The number of amides is 1. The van der Waals surface area contributed by atoms with Crippen molar-refractivity contribution in [2.45, 2.75) is 52.0 Å². The van der Waals surface area contributed by atoms with Crippen LogP contribution in [0.2, 0.25) is 0 Å². The zero-order chi connectivity index (χ0) is 16.9. The number of carbonyl (C=O) groups excluding carboxylic acids is 1. The Hall–Kier alpha value is -2.17. The zero-order valence-electron chi connectivity index (χ0n) is 14.4. The highest BCUT2D eigenvalue weighted by Gasteiger charge is 2.30. The Morgan fingerprint density at radius 2 is 1.96 bits per heavy atom. The van der Waals surface area contributed by atoms with E-state index in [-0.39, 0.29) is 17.9 Å². The molecule has 24 heavy (non-hydrogen) atoms. The van der Waals surface area contributed by atoms with Crippen molar-refractivity contribution in [1.29, 1.82) is 0 Å². The van der Waals surface area contributed by atoms with E-state index in [1.807, 2.05) is 49.1 Å². The van der Waals surface area contributed by atoms with E-state index < -0.39 is 0 Å². The summed E-state index contributed by atoms with van der Waals surface area (Å²) in [6.45, 7) is 4.62. The molecule has 1 amide bonds. The molecule has 1 saturated carbocycles.